The zero-order chi connectivity index (χ0) is 15.5. The Morgan fingerprint density at radius 1 is 1.38 bits per heavy atom. The molecule has 1 heterocycles. The third kappa shape index (κ3) is 3.36. The molecule has 1 amide bonds. The Morgan fingerprint density at radius 3 is 2.71 bits per heavy atom. The highest BCUT2D eigenvalue weighted by molar-refractivity contribution is 7.89. The van der Waals surface area contributed by atoms with E-state index in [4.69, 9.17) is 4.74 Å². The lowest BCUT2D eigenvalue weighted by molar-refractivity contribution is -0.117. The third-order valence-corrected chi connectivity index (χ3v) is 4.83. The summed E-state index contributed by atoms with van der Waals surface area (Å²) in [5.74, 6) is 0.490. The molecule has 1 aliphatic rings. The second kappa shape index (κ2) is 6.44. The van der Waals surface area contributed by atoms with E-state index in [1.165, 1.54) is 19.2 Å². The Bertz CT molecular complexity index is 628. The minimum absolute atomic E-state index is 0.00985. The van der Waals surface area contributed by atoms with Crippen LogP contribution >= 0.6 is 0 Å². The summed E-state index contributed by atoms with van der Waals surface area (Å²) in [6, 6.07) is 4.57. The van der Waals surface area contributed by atoms with E-state index in [-0.39, 0.29) is 10.8 Å². The highest BCUT2D eigenvalue weighted by Crippen LogP contribution is 2.33. The van der Waals surface area contributed by atoms with Crippen molar-refractivity contribution in [3.05, 3.63) is 18.2 Å². The maximum absolute atomic E-state index is 12.2. The van der Waals surface area contributed by atoms with Crippen molar-refractivity contribution in [3.8, 4) is 5.75 Å². The van der Waals surface area contributed by atoms with Crippen molar-refractivity contribution in [2.45, 2.75) is 31.1 Å². The summed E-state index contributed by atoms with van der Waals surface area (Å²) in [4.78, 5) is 13.6. The minimum Gasteiger partial charge on any atom is -0.495 e. The fraction of sp³-hybridized carbons (Fsp3) is 0.500. The number of ether oxygens (including phenoxy) is 1. The maximum atomic E-state index is 12.2. The van der Waals surface area contributed by atoms with Crippen LogP contribution in [0, 0.1) is 0 Å². The molecule has 0 aromatic heterocycles. The largest absolute Gasteiger partial charge is 0.495 e. The minimum atomic E-state index is -3.56. The maximum Gasteiger partial charge on any atom is 0.240 e. The Labute approximate surface area is 125 Å². The van der Waals surface area contributed by atoms with Gasteiger partial charge in [0.25, 0.3) is 0 Å². The molecular formula is C14H20N2O4S. The van der Waals surface area contributed by atoms with Crippen molar-refractivity contribution in [2.75, 3.05) is 25.1 Å². The number of benzene rings is 1. The summed E-state index contributed by atoms with van der Waals surface area (Å²) in [6.07, 6.45) is 1.97. The highest BCUT2D eigenvalue weighted by atomic mass is 32.2. The molecule has 6 nitrogen and oxygen atoms in total. The molecule has 1 saturated heterocycles. The summed E-state index contributed by atoms with van der Waals surface area (Å²) >= 11 is 0. The first kappa shape index (κ1) is 15.8. The van der Waals surface area contributed by atoms with E-state index >= 15 is 0 Å². The fourth-order valence-corrected chi connectivity index (χ4v) is 3.42. The number of carbonyl (C=O) groups is 1. The number of carbonyl (C=O) groups excluding carboxylic acids is 1. The van der Waals surface area contributed by atoms with Crippen LogP contribution in [0.4, 0.5) is 5.69 Å². The Hall–Kier alpha value is -1.60. The molecule has 0 bridgehead atoms. The van der Waals surface area contributed by atoms with E-state index < -0.39 is 10.0 Å². The lowest BCUT2D eigenvalue weighted by atomic mass is 10.2. The van der Waals surface area contributed by atoms with Gasteiger partial charge in [-0.3, -0.25) is 4.79 Å². The predicted octanol–water partition coefficient (Wildman–Crippen LogP) is 1.51. The van der Waals surface area contributed by atoms with Crippen molar-refractivity contribution >= 4 is 21.6 Å². The molecule has 1 fully saturated rings. The average molecular weight is 312 g/mol. The van der Waals surface area contributed by atoms with Crippen LogP contribution in [0.5, 0.6) is 5.75 Å². The van der Waals surface area contributed by atoms with E-state index in [1.54, 1.807) is 11.0 Å². The molecule has 21 heavy (non-hydrogen) atoms. The van der Waals surface area contributed by atoms with E-state index in [0.29, 0.717) is 37.4 Å². The van der Waals surface area contributed by atoms with Gasteiger partial charge in [0.15, 0.2) is 0 Å². The zero-order valence-corrected chi connectivity index (χ0v) is 13.1. The van der Waals surface area contributed by atoms with Crippen LogP contribution in [-0.2, 0) is 14.8 Å². The number of hydrogen-bond donors (Lipinski definition) is 1. The summed E-state index contributed by atoms with van der Waals surface area (Å²) in [7, 11) is -2.06. The van der Waals surface area contributed by atoms with Gasteiger partial charge >= 0.3 is 0 Å². The van der Waals surface area contributed by atoms with E-state index in [1.807, 2.05) is 6.92 Å². The number of nitrogens with one attached hydrogen (secondary N) is 1. The van der Waals surface area contributed by atoms with E-state index in [0.717, 1.165) is 6.42 Å². The number of methoxy groups -OCH3 is 1. The van der Waals surface area contributed by atoms with Crippen molar-refractivity contribution in [3.63, 3.8) is 0 Å². The van der Waals surface area contributed by atoms with Gasteiger partial charge in [-0.25, -0.2) is 13.1 Å². The molecule has 0 aliphatic carbocycles. The van der Waals surface area contributed by atoms with Crippen molar-refractivity contribution in [2.24, 2.45) is 0 Å². The van der Waals surface area contributed by atoms with Crippen LogP contribution in [-0.4, -0.2) is 34.5 Å². The molecule has 0 saturated carbocycles. The first-order chi connectivity index (χ1) is 9.99. The van der Waals surface area contributed by atoms with E-state index in [9.17, 15) is 13.2 Å². The van der Waals surface area contributed by atoms with Gasteiger partial charge in [0.05, 0.1) is 17.7 Å². The van der Waals surface area contributed by atoms with Crippen LogP contribution in [0.25, 0.3) is 0 Å². The molecule has 0 atom stereocenters. The molecule has 1 N–H and O–H groups in total. The molecule has 2 rings (SSSR count). The first-order valence-corrected chi connectivity index (χ1v) is 8.46. The summed E-state index contributed by atoms with van der Waals surface area (Å²) in [6.45, 7) is 2.86. The van der Waals surface area contributed by atoms with Gasteiger partial charge in [-0.05, 0) is 31.0 Å². The quantitative estimate of drug-likeness (QED) is 0.864. The van der Waals surface area contributed by atoms with Crippen molar-refractivity contribution in [1.29, 1.82) is 0 Å². The third-order valence-electron chi connectivity index (χ3n) is 3.37. The second-order valence-corrected chi connectivity index (χ2v) is 6.65. The zero-order valence-electron chi connectivity index (χ0n) is 12.3. The summed E-state index contributed by atoms with van der Waals surface area (Å²) in [5, 5.41) is 0. The number of rotatable bonds is 6. The van der Waals surface area contributed by atoms with Crippen LogP contribution < -0.4 is 14.4 Å². The number of amides is 1. The molecule has 0 unspecified atom stereocenters. The first-order valence-electron chi connectivity index (χ1n) is 6.97. The molecule has 116 valence electrons. The van der Waals surface area contributed by atoms with Crippen LogP contribution in [0.1, 0.15) is 26.2 Å². The van der Waals surface area contributed by atoms with Gasteiger partial charge in [0.2, 0.25) is 15.9 Å². The highest BCUT2D eigenvalue weighted by Gasteiger charge is 2.26. The number of anilines is 1. The normalized spacial score (nSPS) is 15.5. The average Bonchev–Trinajstić information content (AvgIpc) is 2.90. The van der Waals surface area contributed by atoms with Crippen molar-refractivity contribution < 1.29 is 17.9 Å². The molecule has 1 aromatic carbocycles. The second-order valence-electron chi connectivity index (χ2n) is 4.88. The van der Waals surface area contributed by atoms with Gasteiger partial charge in [0.1, 0.15) is 5.75 Å². The predicted molar refractivity (Wildman–Crippen MR) is 80.1 cm³/mol. The Balaban J connectivity index is 2.40. The Morgan fingerprint density at radius 2 is 2.14 bits per heavy atom. The van der Waals surface area contributed by atoms with Gasteiger partial charge in [-0.1, -0.05) is 6.92 Å². The monoisotopic (exact) mass is 312 g/mol. The lowest BCUT2D eigenvalue weighted by Crippen LogP contribution is -2.27. The topological polar surface area (TPSA) is 75.7 Å². The number of hydrogen-bond acceptors (Lipinski definition) is 4. The van der Waals surface area contributed by atoms with Gasteiger partial charge < -0.3 is 9.64 Å². The smallest absolute Gasteiger partial charge is 0.240 e. The summed E-state index contributed by atoms with van der Waals surface area (Å²) in [5.41, 5.74) is 0.513. The molecule has 0 spiro atoms. The fourth-order valence-electron chi connectivity index (χ4n) is 2.27. The number of nitrogens with zero attached hydrogens (tertiary/aromatic N) is 1. The molecular weight excluding hydrogens is 292 g/mol. The van der Waals surface area contributed by atoms with Gasteiger partial charge in [0, 0.05) is 19.5 Å². The molecule has 1 aliphatic heterocycles. The van der Waals surface area contributed by atoms with Gasteiger partial charge in [-0.15, -0.1) is 0 Å². The van der Waals surface area contributed by atoms with Crippen LogP contribution in [0.3, 0.4) is 0 Å². The molecule has 0 radical (unpaired) electrons. The summed E-state index contributed by atoms with van der Waals surface area (Å²) < 4.78 is 32.1. The van der Waals surface area contributed by atoms with Crippen LogP contribution in [0.15, 0.2) is 23.1 Å². The van der Waals surface area contributed by atoms with Crippen LogP contribution in [0.2, 0.25) is 0 Å². The SMILES string of the molecule is CCCNS(=O)(=O)c1ccc(OC)c(N2CCCC2=O)c1. The lowest BCUT2D eigenvalue weighted by Gasteiger charge is -2.20. The van der Waals surface area contributed by atoms with Crippen molar-refractivity contribution in [1.82, 2.24) is 4.72 Å². The molecule has 1 aromatic rings. The number of sulfonamides is 1. The van der Waals surface area contributed by atoms with Gasteiger partial charge in [-0.2, -0.15) is 0 Å². The standard InChI is InChI=1S/C14H20N2O4S/c1-3-8-15-21(18,19)11-6-7-13(20-2)12(10-11)16-9-4-5-14(16)17/h6-7,10,15H,3-5,8-9H2,1-2H3. The molecule has 7 heteroatoms. The van der Waals surface area contributed by atoms with E-state index in [2.05, 4.69) is 4.72 Å². The Kier molecular flexibility index (Phi) is 4.84.